The normalized spacial score (nSPS) is 14.9. The average Bonchev–Trinajstić information content (AvgIpc) is 2.38. The highest BCUT2D eigenvalue weighted by molar-refractivity contribution is 5.09. The highest BCUT2D eigenvalue weighted by Gasteiger charge is 2.14. The van der Waals surface area contributed by atoms with Crippen LogP contribution >= 0.6 is 0 Å². The topological polar surface area (TPSA) is 42.1 Å². The molecule has 0 spiro atoms. The molecule has 3 heteroatoms. The van der Waals surface area contributed by atoms with E-state index >= 15 is 0 Å². The van der Waals surface area contributed by atoms with Gasteiger partial charge >= 0.3 is 0 Å². The van der Waals surface area contributed by atoms with E-state index in [-0.39, 0.29) is 6.04 Å². The van der Waals surface area contributed by atoms with Gasteiger partial charge in [0.1, 0.15) is 0 Å². The van der Waals surface area contributed by atoms with Crippen molar-refractivity contribution >= 4 is 0 Å². The predicted octanol–water partition coefficient (Wildman–Crippen LogP) is 2.28. The smallest absolute Gasteiger partial charge is 0.0271 e. The molecule has 1 rings (SSSR count). The molecule has 0 aromatic carbocycles. The molecule has 0 amide bonds. The second kappa shape index (κ2) is 7.41. The molecule has 0 radical (unpaired) electrons. The fourth-order valence-electron chi connectivity index (χ4n) is 1.83. The fraction of sp³-hybridized carbons (Fsp3) is 0.643. The summed E-state index contributed by atoms with van der Waals surface area (Å²) < 4.78 is 0. The molecule has 0 aliphatic carbocycles. The van der Waals surface area contributed by atoms with Gasteiger partial charge in [-0.3, -0.25) is 9.88 Å². The zero-order valence-corrected chi connectivity index (χ0v) is 11.3. The van der Waals surface area contributed by atoms with Crippen LogP contribution in [0.4, 0.5) is 0 Å². The summed E-state index contributed by atoms with van der Waals surface area (Å²) in [6.07, 6.45) is 4.84. The van der Waals surface area contributed by atoms with E-state index in [4.69, 9.17) is 5.73 Å². The molecule has 0 bridgehead atoms. The Morgan fingerprint density at radius 2 is 1.94 bits per heavy atom. The monoisotopic (exact) mass is 235 g/mol. The number of likely N-dealkylation sites (N-methyl/N-ethyl adjacent to an activating group) is 1. The largest absolute Gasteiger partial charge is 0.326 e. The molecule has 0 saturated heterocycles. The van der Waals surface area contributed by atoms with E-state index < -0.39 is 0 Å². The zero-order chi connectivity index (χ0) is 12.7. The number of hydrogen-bond acceptors (Lipinski definition) is 3. The molecule has 0 aliphatic heterocycles. The van der Waals surface area contributed by atoms with Gasteiger partial charge in [0, 0.05) is 31.5 Å². The van der Waals surface area contributed by atoms with Crippen molar-refractivity contribution < 1.29 is 0 Å². The number of hydrogen-bond donors (Lipinski definition) is 1. The molecule has 2 N–H and O–H groups in total. The maximum absolute atomic E-state index is 6.20. The highest BCUT2D eigenvalue weighted by atomic mass is 15.1. The number of rotatable bonds is 7. The van der Waals surface area contributed by atoms with Crippen LogP contribution in [0.1, 0.15) is 32.8 Å². The van der Waals surface area contributed by atoms with Gasteiger partial charge in [0.05, 0.1) is 0 Å². The van der Waals surface area contributed by atoms with E-state index in [1.54, 1.807) is 0 Å². The van der Waals surface area contributed by atoms with Crippen LogP contribution in [0.2, 0.25) is 0 Å². The summed E-state index contributed by atoms with van der Waals surface area (Å²) in [7, 11) is 0. The Morgan fingerprint density at radius 3 is 2.47 bits per heavy atom. The molecule has 1 heterocycles. The van der Waals surface area contributed by atoms with Crippen LogP contribution in [0.5, 0.6) is 0 Å². The summed E-state index contributed by atoms with van der Waals surface area (Å²) in [4.78, 5) is 6.43. The number of aromatic nitrogens is 1. The summed E-state index contributed by atoms with van der Waals surface area (Å²) in [6, 6.07) is 4.40. The summed E-state index contributed by atoms with van der Waals surface area (Å²) >= 11 is 0. The van der Waals surface area contributed by atoms with Crippen molar-refractivity contribution in [3.05, 3.63) is 30.1 Å². The first kappa shape index (κ1) is 14.1. The van der Waals surface area contributed by atoms with Gasteiger partial charge in [0.2, 0.25) is 0 Å². The van der Waals surface area contributed by atoms with Crippen LogP contribution < -0.4 is 5.73 Å². The maximum atomic E-state index is 6.20. The van der Waals surface area contributed by atoms with Crippen molar-refractivity contribution in [2.75, 3.05) is 13.1 Å². The first-order chi connectivity index (χ1) is 8.17. The van der Waals surface area contributed by atoms with Gasteiger partial charge in [-0.05, 0) is 30.2 Å². The van der Waals surface area contributed by atoms with Crippen LogP contribution in [-0.4, -0.2) is 29.0 Å². The quantitative estimate of drug-likeness (QED) is 0.788. The van der Waals surface area contributed by atoms with Gasteiger partial charge in [0.25, 0.3) is 0 Å². The Morgan fingerprint density at radius 1 is 1.29 bits per heavy atom. The van der Waals surface area contributed by atoms with Gasteiger partial charge in [0.15, 0.2) is 0 Å². The first-order valence-electron chi connectivity index (χ1n) is 6.54. The van der Waals surface area contributed by atoms with Crippen LogP contribution in [0.25, 0.3) is 0 Å². The van der Waals surface area contributed by atoms with Crippen molar-refractivity contribution in [2.24, 2.45) is 11.7 Å². The Hall–Kier alpha value is -0.930. The van der Waals surface area contributed by atoms with E-state index in [0.717, 1.165) is 26.1 Å². The van der Waals surface area contributed by atoms with Crippen molar-refractivity contribution in [3.63, 3.8) is 0 Å². The molecular weight excluding hydrogens is 210 g/mol. The first-order valence-corrected chi connectivity index (χ1v) is 6.54. The van der Waals surface area contributed by atoms with Gasteiger partial charge < -0.3 is 5.73 Å². The second-order valence-electron chi connectivity index (χ2n) is 4.73. The lowest BCUT2D eigenvalue weighted by molar-refractivity contribution is 0.234. The van der Waals surface area contributed by atoms with Gasteiger partial charge in [-0.15, -0.1) is 0 Å². The SMILES string of the molecule is CC[C@H](C)[C@@H](N)CN(CC)Cc1ccncc1. The van der Waals surface area contributed by atoms with E-state index in [9.17, 15) is 0 Å². The lowest BCUT2D eigenvalue weighted by Gasteiger charge is -2.27. The van der Waals surface area contributed by atoms with Crippen molar-refractivity contribution in [3.8, 4) is 0 Å². The number of nitrogens with zero attached hydrogens (tertiary/aromatic N) is 2. The standard InChI is InChI=1S/C14H25N3/c1-4-12(3)14(15)11-17(5-2)10-13-6-8-16-9-7-13/h6-9,12,14H,4-5,10-11,15H2,1-3H3/t12-,14-/m0/s1. The molecule has 96 valence electrons. The van der Waals surface area contributed by atoms with Crippen LogP contribution in [-0.2, 0) is 6.54 Å². The minimum Gasteiger partial charge on any atom is -0.326 e. The molecule has 2 atom stereocenters. The third-order valence-electron chi connectivity index (χ3n) is 3.45. The zero-order valence-electron chi connectivity index (χ0n) is 11.3. The lowest BCUT2D eigenvalue weighted by Crippen LogP contribution is -2.41. The molecule has 1 aromatic heterocycles. The Balaban J connectivity index is 2.49. The van der Waals surface area contributed by atoms with Crippen molar-refractivity contribution in [2.45, 2.75) is 39.8 Å². The Labute approximate surface area is 105 Å². The van der Waals surface area contributed by atoms with Crippen molar-refractivity contribution in [1.29, 1.82) is 0 Å². The third kappa shape index (κ3) is 4.84. The molecular formula is C14H25N3. The summed E-state index contributed by atoms with van der Waals surface area (Å²) in [5, 5.41) is 0. The van der Waals surface area contributed by atoms with Gasteiger partial charge in [-0.25, -0.2) is 0 Å². The molecule has 0 aliphatic rings. The van der Waals surface area contributed by atoms with Crippen LogP contribution in [0, 0.1) is 5.92 Å². The van der Waals surface area contributed by atoms with Crippen molar-refractivity contribution in [1.82, 2.24) is 9.88 Å². The van der Waals surface area contributed by atoms with Crippen LogP contribution in [0.15, 0.2) is 24.5 Å². The maximum Gasteiger partial charge on any atom is 0.0271 e. The molecule has 17 heavy (non-hydrogen) atoms. The summed E-state index contributed by atoms with van der Waals surface area (Å²) in [5.74, 6) is 0.585. The van der Waals surface area contributed by atoms with E-state index in [0.29, 0.717) is 5.92 Å². The fourth-order valence-corrected chi connectivity index (χ4v) is 1.83. The van der Waals surface area contributed by atoms with E-state index in [1.165, 1.54) is 5.56 Å². The number of pyridine rings is 1. The van der Waals surface area contributed by atoms with Crippen LogP contribution in [0.3, 0.4) is 0 Å². The minimum absolute atomic E-state index is 0.266. The molecule has 0 saturated carbocycles. The molecule has 3 nitrogen and oxygen atoms in total. The van der Waals surface area contributed by atoms with E-state index in [1.807, 2.05) is 12.4 Å². The summed E-state index contributed by atoms with van der Waals surface area (Å²) in [6.45, 7) is 9.57. The third-order valence-corrected chi connectivity index (χ3v) is 3.45. The van der Waals surface area contributed by atoms with Gasteiger partial charge in [-0.1, -0.05) is 27.2 Å². The molecule has 0 fully saturated rings. The Kier molecular flexibility index (Phi) is 6.16. The second-order valence-corrected chi connectivity index (χ2v) is 4.73. The highest BCUT2D eigenvalue weighted by Crippen LogP contribution is 2.09. The number of nitrogens with two attached hydrogens (primary N) is 1. The average molecular weight is 235 g/mol. The lowest BCUT2D eigenvalue weighted by atomic mass is 9.99. The minimum atomic E-state index is 0.266. The Bertz CT molecular complexity index is 300. The predicted molar refractivity (Wildman–Crippen MR) is 72.6 cm³/mol. The summed E-state index contributed by atoms with van der Waals surface area (Å²) in [5.41, 5.74) is 7.51. The molecule has 1 aromatic rings. The van der Waals surface area contributed by atoms with E-state index in [2.05, 4.69) is 42.8 Å². The van der Waals surface area contributed by atoms with Gasteiger partial charge in [-0.2, -0.15) is 0 Å². The molecule has 0 unspecified atom stereocenters.